The van der Waals surface area contributed by atoms with Gasteiger partial charge in [0.25, 0.3) is 5.91 Å². The molecular weight excluding hydrogens is 362 g/mol. The number of fused-ring (bicyclic) bond motifs is 2. The molecule has 0 bridgehead atoms. The Labute approximate surface area is 160 Å². The van der Waals surface area contributed by atoms with Gasteiger partial charge in [0, 0.05) is 12.0 Å². The van der Waals surface area contributed by atoms with Crippen molar-refractivity contribution in [2.75, 3.05) is 11.9 Å². The summed E-state index contributed by atoms with van der Waals surface area (Å²) >= 11 is 1.32. The lowest BCUT2D eigenvalue weighted by Gasteiger charge is -2.18. The molecule has 4 rings (SSSR count). The predicted molar refractivity (Wildman–Crippen MR) is 103 cm³/mol. The van der Waals surface area contributed by atoms with Crippen molar-refractivity contribution in [1.29, 1.82) is 5.26 Å². The number of carbonyl (C=O) groups excluding carboxylic acids is 1. The first-order chi connectivity index (χ1) is 12.9. The average molecular weight is 379 g/mol. The zero-order valence-electron chi connectivity index (χ0n) is 14.9. The highest BCUT2D eigenvalue weighted by Crippen LogP contribution is 2.41. The van der Waals surface area contributed by atoms with Crippen molar-refractivity contribution in [3.63, 3.8) is 0 Å². The van der Waals surface area contributed by atoms with Crippen LogP contribution in [0.1, 0.15) is 25.0 Å². The quantitative estimate of drug-likeness (QED) is 0.743. The van der Waals surface area contributed by atoms with Crippen LogP contribution in [0.3, 0.4) is 0 Å². The second-order valence-corrected chi connectivity index (χ2v) is 7.93. The molecule has 1 aliphatic heterocycles. The Balaban J connectivity index is 1.45. The molecule has 2 heterocycles. The molecule has 7 heteroatoms. The first kappa shape index (κ1) is 17.3. The van der Waals surface area contributed by atoms with Gasteiger partial charge in [0.1, 0.15) is 17.2 Å². The van der Waals surface area contributed by atoms with Crippen LogP contribution >= 0.6 is 11.3 Å². The van der Waals surface area contributed by atoms with Gasteiger partial charge in [-0.1, -0.05) is 29.5 Å². The van der Waals surface area contributed by atoms with Gasteiger partial charge < -0.3 is 9.47 Å². The van der Waals surface area contributed by atoms with Gasteiger partial charge in [-0.15, -0.1) is 0 Å². The van der Waals surface area contributed by atoms with Crippen molar-refractivity contribution in [1.82, 2.24) is 4.98 Å². The number of hydrogen-bond donors (Lipinski definition) is 1. The van der Waals surface area contributed by atoms with E-state index in [1.54, 1.807) is 18.2 Å². The molecule has 0 saturated carbocycles. The van der Waals surface area contributed by atoms with Crippen LogP contribution in [0.15, 0.2) is 36.4 Å². The standard InChI is InChI=1S/C20H17N3O3S/c1-20(2)9-12-5-3-7-14(18(12)26-20)25-11-16(24)22-19-23-17-13(10-21)6-4-8-15(17)27-19/h3-8H,9,11H2,1-2H3,(H,22,23,24). The van der Waals surface area contributed by atoms with Crippen LogP contribution in [0.25, 0.3) is 10.2 Å². The maximum absolute atomic E-state index is 12.3. The molecule has 1 aliphatic rings. The second kappa shape index (κ2) is 6.56. The molecule has 0 spiro atoms. The van der Waals surface area contributed by atoms with Crippen LogP contribution in [0, 0.1) is 11.3 Å². The van der Waals surface area contributed by atoms with E-state index in [9.17, 15) is 4.79 Å². The number of nitrogens with zero attached hydrogens (tertiary/aromatic N) is 2. The minimum absolute atomic E-state index is 0.152. The molecule has 1 amide bonds. The minimum Gasteiger partial charge on any atom is -0.483 e. The molecule has 3 aromatic rings. The fraction of sp³-hybridized carbons (Fsp3) is 0.250. The molecule has 0 radical (unpaired) electrons. The summed E-state index contributed by atoms with van der Waals surface area (Å²) < 4.78 is 12.5. The zero-order chi connectivity index (χ0) is 19.0. The summed E-state index contributed by atoms with van der Waals surface area (Å²) in [5.74, 6) is 0.945. The number of thiazole rings is 1. The monoisotopic (exact) mass is 379 g/mol. The first-order valence-electron chi connectivity index (χ1n) is 8.48. The number of rotatable bonds is 4. The predicted octanol–water partition coefficient (Wildman–Crippen LogP) is 3.90. The maximum atomic E-state index is 12.3. The van der Waals surface area contributed by atoms with E-state index < -0.39 is 0 Å². The number of ether oxygens (including phenoxy) is 2. The van der Waals surface area contributed by atoms with Crippen LogP contribution in [0.2, 0.25) is 0 Å². The van der Waals surface area contributed by atoms with Crippen LogP contribution in [-0.4, -0.2) is 23.1 Å². The largest absolute Gasteiger partial charge is 0.483 e. The van der Waals surface area contributed by atoms with E-state index in [-0.39, 0.29) is 18.1 Å². The van der Waals surface area contributed by atoms with Gasteiger partial charge in [-0.05, 0) is 32.0 Å². The zero-order valence-corrected chi connectivity index (χ0v) is 15.7. The highest BCUT2D eigenvalue weighted by molar-refractivity contribution is 7.22. The van der Waals surface area contributed by atoms with Crippen LogP contribution in [0.5, 0.6) is 11.5 Å². The number of hydrogen-bond acceptors (Lipinski definition) is 6. The third kappa shape index (κ3) is 3.44. The SMILES string of the molecule is CC1(C)Cc2cccc(OCC(=O)Nc3nc4c(C#N)cccc4s3)c2O1. The number of amides is 1. The highest BCUT2D eigenvalue weighted by Gasteiger charge is 2.32. The van der Waals surface area contributed by atoms with E-state index >= 15 is 0 Å². The number of nitrogens with one attached hydrogen (secondary N) is 1. The van der Waals surface area contributed by atoms with Crippen molar-refractivity contribution in [2.45, 2.75) is 25.9 Å². The highest BCUT2D eigenvalue weighted by atomic mass is 32.1. The molecule has 27 heavy (non-hydrogen) atoms. The maximum Gasteiger partial charge on any atom is 0.264 e. The Hall–Kier alpha value is -3.11. The molecule has 0 saturated heterocycles. The van der Waals surface area contributed by atoms with Gasteiger partial charge in [-0.2, -0.15) is 5.26 Å². The number of nitriles is 1. The molecule has 0 aliphatic carbocycles. The molecule has 0 unspecified atom stereocenters. The Morgan fingerprint density at radius 3 is 3.00 bits per heavy atom. The normalized spacial score (nSPS) is 14.3. The lowest BCUT2D eigenvalue weighted by atomic mass is 10.0. The van der Waals surface area contributed by atoms with Gasteiger partial charge >= 0.3 is 0 Å². The summed E-state index contributed by atoms with van der Waals surface area (Å²) in [5.41, 5.74) is 1.88. The van der Waals surface area contributed by atoms with E-state index in [4.69, 9.17) is 14.7 Å². The lowest BCUT2D eigenvalue weighted by Crippen LogP contribution is -2.25. The van der Waals surface area contributed by atoms with Crippen molar-refractivity contribution in [3.05, 3.63) is 47.5 Å². The summed E-state index contributed by atoms with van der Waals surface area (Å²) in [6, 6.07) is 13.2. The Morgan fingerprint density at radius 2 is 2.19 bits per heavy atom. The van der Waals surface area contributed by atoms with Crippen LogP contribution in [-0.2, 0) is 11.2 Å². The third-order valence-electron chi connectivity index (χ3n) is 4.20. The van der Waals surface area contributed by atoms with Crippen LogP contribution in [0.4, 0.5) is 5.13 Å². The van der Waals surface area contributed by atoms with E-state index in [1.807, 2.05) is 32.0 Å². The lowest BCUT2D eigenvalue weighted by molar-refractivity contribution is -0.118. The number of para-hydroxylation sites is 2. The summed E-state index contributed by atoms with van der Waals surface area (Å²) in [6.45, 7) is 3.89. The minimum atomic E-state index is -0.317. The fourth-order valence-corrected chi connectivity index (χ4v) is 4.00. The summed E-state index contributed by atoms with van der Waals surface area (Å²) in [6.07, 6.45) is 0.804. The molecule has 6 nitrogen and oxygen atoms in total. The van der Waals surface area contributed by atoms with Crippen LogP contribution < -0.4 is 14.8 Å². The number of aromatic nitrogens is 1. The van der Waals surface area contributed by atoms with Gasteiger partial charge in [0.05, 0.1) is 10.3 Å². The smallest absolute Gasteiger partial charge is 0.264 e. The molecular formula is C20H17N3O3S. The van der Waals surface area contributed by atoms with Crippen molar-refractivity contribution in [2.24, 2.45) is 0 Å². The number of carbonyl (C=O) groups is 1. The summed E-state index contributed by atoms with van der Waals surface area (Å²) in [7, 11) is 0. The number of benzene rings is 2. The first-order valence-corrected chi connectivity index (χ1v) is 9.30. The molecule has 0 atom stereocenters. The van der Waals surface area contributed by atoms with Crippen molar-refractivity contribution in [3.8, 4) is 17.6 Å². The van der Waals surface area contributed by atoms with Crippen molar-refractivity contribution >= 4 is 32.6 Å². The van der Waals surface area contributed by atoms with E-state index in [0.29, 0.717) is 27.7 Å². The van der Waals surface area contributed by atoms with Gasteiger partial charge in [0.15, 0.2) is 23.2 Å². The second-order valence-electron chi connectivity index (χ2n) is 6.90. The molecule has 1 N–H and O–H groups in total. The molecule has 0 fully saturated rings. The van der Waals surface area contributed by atoms with Gasteiger partial charge in [-0.3, -0.25) is 10.1 Å². The summed E-state index contributed by atoms with van der Waals surface area (Å²) in [4.78, 5) is 16.6. The third-order valence-corrected chi connectivity index (χ3v) is 5.14. The van der Waals surface area contributed by atoms with Gasteiger partial charge in [-0.25, -0.2) is 4.98 Å². The molecule has 2 aromatic carbocycles. The summed E-state index contributed by atoms with van der Waals surface area (Å²) in [5, 5.41) is 12.3. The van der Waals surface area contributed by atoms with E-state index in [0.717, 1.165) is 16.7 Å². The molecule has 1 aromatic heterocycles. The number of anilines is 1. The fourth-order valence-electron chi connectivity index (χ4n) is 3.09. The topological polar surface area (TPSA) is 84.2 Å². The van der Waals surface area contributed by atoms with E-state index in [1.165, 1.54) is 11.3 Å². The average Bonchev–Trinajstić information content (AvgIpc) is 3.17. The molecule has 136 valence electrons. The van der Waals surface area contributed by atoms with Gasteiger partial charge in [0.2, 0.25) is 0 Å². The van der Waals surface area contributed by atoms with Crippen molar-refractivity contribution < 1.29 is 14.3 Å². The Bertz CT molecular complexity index is 1080. The Kier molecular flexibility index (Phi) is 4.21. The Morgan fingerprint density at radius 1 is 1.37 bits per heavy atom. The van der Waals surface area contributed by atoms with E-state index in [2.05, 4.69) is 16.4 Å².